The SMILES string of the molecule is CSCC(=O)N1CC(C(=O)O)c2ccccc21. The number of hydrogen-bond donors (Lipinski definition) is 1. The van der Waals surface area contributed by atoms with Crippen molar-refractivity contribution in [3.8, 4) is 0 Å². The lowest BCUT2D eigenvalue weighted by molar-refractivity contribution is -0.138. The van der Waals surface area contributed by atoms with Crippen molar-refractivity contribution in [2.75, 3.05) is 23.5 Å². The highest BCUT2D eigenvalue weighted by molar-refractivity contribution is 7.99. The highest BCUT2D eigenvalue weighted by Crippen LogP contribution is 2.36. The minimum Gasteiger partial charge on any atom is -0.481 e. The van der Waals surface area contributed by atoms with Crippen molar-refractivity contribution in [3.63, 3.8) is 0 Å². The molecule has 0 bridgehead atoms. The summed E-state index contributed by atoms with van der Waals surface area (Å²) in [4.78, 5) is 24.6. The second kappa shape index (κ2) is 4.79. The summed E-state index contributed by atoms with van der Waals surface area (Å²) in [6, 6.07) is 7.21. The molecule has 1 unspecified atom stereocenters. The first kappa shape index (κ1) is 12.0. The number of thioether (sulfide) groups is 1. The number of carboxylic acids is 1. The number of rotatable bonds is 3. The molecule has 0 saturated heterocycles. The van der Waals surface area contributed by atoms with Crippen LogP contribution in [0.3, 0.4) is 0 Å². The molecule has 0 radical (unpaired) electrons. The van der Waals surface area contributed by atoms with Crippen LogP contribution in [0.1, 0.15) is 11.5 Å². The maximum Gasteiger partial charge on any atom is 0.312 e. The average molecular weight is 251 g/mol. The average Bonchev–Trinajstić information content (AvgIpc) is 2.69. The lowest BCUT2D eigenvalue weighted by Crippen LogP contribution is -2.32. The van der Waals surface area contributed by atoms with Gasteiger partial charge in [0.2, 0.25) is 5.91 Å². The van der Waals surface area contributed by atoms with Crippen molar-refractivity contribution in [2.24, 2.45) is 0 Å². The molecule has 5 heteroatoms. The molecule has 2 rings (SSSR count). The van der Waals surface area contributed by atoms with E-state index >= 15 is 0 Å². The normalized spacial score (nSPS) is 17.9. The molecule has 1 heterocycles. The van der Waals surface area contributed by atoms with E-state index in [-0.39, 0.29) is 12.5 Å². The van der Waals surface area contributed by atoms with Crippen molar-refractivity contribution < 1.29 is 14.7 Å². The van der Waals surface area contributed by atoms with Gasteiger partial charge in [-0.05, 0) is 17.9 Å². The molecule has 0 aliphatic carbocycles. The van der Waals surface area contributed by atoms with Gasteiger partial charge in [0.1, 0.15) is 5.92 Å². The molecular formula is C12H13NO3S. The molecule has 17 heavy (non-hydrogen) atoms. The molecular weight excluding hydrogens is 238 g/mol. The van der Waals surface area contributed by atoms with Gasteiger partial charge in [-0.15, -0.1) is 0 Å². The van der Waals surface area contributed by atoms with Gasteiger partial charge < -0.3 is 10.0 Å². The molecule has 0 spiro atoms. The number of anilines is 1. The fourth-order valence-corrected chi connectivity index (χ4v) is 2.46. The van der Waals surface area contributed by atoms with Gasteiger partial charge in [-0.2, -0.15) is 11.8 Å². The quantitative estimate of drug-likeness (QED) is 0.885. The lowest BCUT2D eigenvalue weighted by Gasteiger charge is -2.16. The Morgan fingerprint density at radius 2 is 2.18 bits per heavy atom. The van der Waals surface area contributed by atoms with Gasteiger partial charge in [0.25, 0.3) is 0 Å². The van der Waals surface area contributed by atoms with E-state index in [4.69, 9.17) is 5.11 Å². The zero-order valence-electron chi connectivity index (χ0n) is 9.42. The fraction of sp³-hybridized carbons (Fsp3) is 0.333. The van der Waals surface area contributed by atoms with Gasteiger partial charge >= 0.3 is 5.97 Å². The molecule has 90 valence electrons. The monoisotopic (exact) mass is 251 g/mol. The smallest absolute Gasteiger partial charge is 0.312 e. The molecule has 1 N–H and O–H groups in total. The largest absolute Gasteiger partial charge is 0.481 e. The molecule has 4 nitrogen and oxygen atoms in total. The maximum absolute atomic E-state index is 11.9. The first-order valence-corrected chi connectivity index (χ1v) is 6.65. The van der Waals surface area contributed by atoms with Crippen LogP contribution >= 0.6 is 11.8 Å². The van der Waals surface area contributed by atoms with Crippen LogP contribution < -0.4 is 4.90 Å². The van der Waals surface area contributed by atoms with Gasteiger partial charge in [0.15, 0.2) is 0 Å². The van der Waals surface area contributed by atoms with Crippen molar-refractivity contribution in [1.82, 2.24) is 0 Å². The number of carboxylic acid groups (broad SMARTS) is 1. The summed E-state index contributed by atoms with van der Waals surface area (Å²) in [7, 11) is 0. The van der Waals surface area contributed by atoms with Crippen molar-refractivity contribution in [2.45, 2.75) is 5.92 Å². The number of nitrogens with zero attached hydrogens (tertiary/aromatic N) is 1. The summed E-state index contributed by atoms with van der Waals surface area (Å²) in [6.45, 7) is 0.244. The lowest BCUT2D eigenvalue weighted by atomic mass is 10.0. The minimum atomic E-state index is -0.878. The van der Waals surface area contributed by atoms with E-state index in [2.05, 4.69) is 0 Å². The predicted molar refractivity (Wildman–Crippen MR) is 67.6 cm³/mol. The second-order valence-electron chi connectivity index (χ2n) is 3.89. The standard InChI is InChI=1S/C12H13NO3S/c1-17-7-11(14)13-6-9(12(15)16)8-4-2-3-5-10(8)13/h2-5,9H,6-7H2,1H3,(H,15,16). The van der Waals surface area contributed by atoms with Crippen LogP contribution in [0.2, 0.25) is 0 Å². The van der Waals surface area contributed by atoms with Gasteiger partial charge in [-0.3, -0.25) is 9.59 Å². The van der Waals surface area contributed by atoms with Crippen LogP contribution in [0.15, 0.2) is 24.3 Å². The fourth-order valence-electron chi connectivity index (χ4n) is 2.06. The molecule has 0 fully saturated rings. The maximum atomic E-state index is 11.9. The van der Waals surface area contributed by atoms with E-state index in [9.17, 15) is 9.59 Å². The van der Waals surface area contributed by atoms with Crippen LogP contribution in [0.5, 0.6) is 0 Å². The Morgan fingerprint density at radius 3 is 2.82 bits per heavy atom. The van der Waals surface area contributed by atoms with E-state index in [0.29, 0.717) is 5.75 Å². The zero-order chi connectivity index (χ0) is 12.4. The Kier molecular flexibility index (Phi) is 3.38. The molecule has 1 aromatic rings. The topological polar surface area (TPSA) is 57.6 Å². The Labute approximate surface area is 104 Å². The number of fused-ring (bicyclic) bond motifs is 1. The number of aliphatic carboxylic acids is 1. The number of benzene rings is 1. The minimum absolute atomic E-state index is 0.0336. The first-order chi connectivity index (χ1) is 8.15. The molecule has 1 aliphatic rings. The van der Waals surface area contributed by atoms with E-state index < -0.39 is 11.9 Å². The number of para-hydroxylation sites is 1. The van der Waals surface area contributed by atoms with Crippen LogP contribution in [0.25, 0.3) is 0 Å². The van der Waals surface area contributed by atoms with E-state index in [1.54, 1.807) is 23.1 Å². The number of carbonyl (C=O) groups excluding carboxylic acids is 1. The highest BCUT2D eigenvalue weighted by atomic mass is 32.2. The molecule has 0 saturated carbocycles. The third kappa shape index (κ3) is 2.15. The summed E-state index contributed by atoms with van der Waals surface area (Å²) >= 11 is 1.44. The Hall–Kier alpha value is -1.49. The Morgan fingerprint density at radius 1 is 1.47 bits per heavy atom. The summed E-state index contributed by atoms with van der Waals surface area (Å²) in [5.41, 5.74) is 1.47. The van der Waals surface area contributed by atoms with Gasteiger partial charge in [0, 0.05) is 12.2 Å². The second-order valence-corrected chi connectivity index (χ2v) is 4.75. The van der Waals surface area contributed by atoms with Gasteiger partial charge in [-0.1, -0.05) is 18.2 Å². The first-order valence-electron chi connectivity index (χ1n) is 5.26. The summed E-state index contributed by atoms with van der Waals surface area (Å²) in [5, 5.41) is 9.15. The number of hydrogen-bond acceptors (Lipinski definition) is 3. The highest BCUT2D eigenvalue weighted by Gasteiger charge is 2.35. The summed E-state index contributed by atoms with van der Waals surface area (Å²) in [6.07, 6.45) is 1.86. The summed E-state index contributed by atoms with van der Waals surface area (Å²) in [5.74, 6) is -1.14. The van der Waals surface area contributed by atoms with E-state index in [1.165, 1.54) is 11.8 Å². The van der Waals surface area contributed by atoms with Crippen molar-refractivity contribution >= 4 is 29.3 Å². The van der Waals surface area contributed by atoms with E-state index in [0.717, 1.165) is 11.3 Å². The predicted octanol–water partition coefficient (Wildman–Crippen LogP) is 1.56. The molecule has 0 aromatic heterocycles. The molecule has 1 aliphatic heterocycles. The Bertz CT molecular complexity index is 461. The van der Waals surface area contributed by atoms with Crippen LogP contribution in [-0.2, 0) is 9.59 Å². The van der Waals surface area contributed by atoms with Crippen LogP contribution in [0, 0.1) is 0 Å². The summed E-state index contributed by atoms with van der Waals surface area (Å²) < 4.78 is 0. The van der Waals surface area contributed by atoms with Crippen LogP contribution in [-0.4, -0.2) is 35.5 Å². The van der Waals surface area contributed by atoms with Crippen molar-refractivity contribution in [1.29, 1.82) is 0 Å². The molecule has 1 atom stereocenters. The Balaban J connectivity index is 2.34. The third-order valence-corrected chi connectivity index (χ3v) is 3.37. The van der Waals surface area contributed by atoms with E-state index in [1.807, 2.05) is 12.3 Å². The zero-order valence-corrected chi connectivity index (χ0v) is 10.2. The van der Waals surface area contributed by atoms with Crippen LogP contribution in [0.4, 0.5) is 5.69 Å². The molecule has 1 aromatic carbocycles. The number of carbonyl (C=O) groups is 2. The van der Waals surface area contributed by atoms with Crippen molar-refractivity contribution in [3.05, 3.63) is 29.8 Å². The third-order valence-electron chi connectivity index (χ3n) is 2.84. The van der Waals surface area contributed by atoms with Gasteiger partial charge in [0.05, 0.1) is 5.75 Å². The number of amides is 1. The van der Waals surface area contributed by atoms with Gasteiger partial charge in [-0.25, -0.2) is 0 Å². The molecule has 1 amide bonds.